The van der Waals surface area contributed by atoms with Crippen molar-refractivity contribution in [3.05, 3.63) is 166 Å². The third-order valence-electron chi connectivity index (χ3n) is 12.5. The van der Waals surface area contributed by atoms with E-state index < -0.39 is 70.3 Å². The fourth-order valence-electron chi connectivity index (χ4n) is 8.70. The minimum Gasteiger partial charge on any atom is -0.385 e. The molecule has 0 saturated heterocycles. The molecule has 24 heteroatoms. The Balaban J connectivity index is 0.000000221. The average molecular weight is 1060 g/mol. The number of hydrogen-bond acceptors (Lipinski definition) is 12. The smallest absolute Gasteiger partial charge is 0.385 e. The number of ether oxygens (including phenoxy) is 2. The molecule has 0 radical (unpaired) electrons. The summed E-state index contributed by atoms with van der Waals surface area (Å²) in [5, 5.41) is 35.3. The Labute approximate surface area is 428 Å². The zero-order chi connectivity index (χ0) is 55.7. The minimum atomic E-state index is -4.71. The predicted octanol–water partition coefficient (Wildman–Crippen LogP) is 8.63. The van der Waals surface area contributed by atoms with E-state index in [1.807, 2.05) is 0 Å². The number of nitrogens with one attached hydrogen (secondary N) is 2. The Morgan fingerprint density at radius 1 is 0.592 bits per heavy atom. The summed E-state index contributed by atoms with van der Waals surface area (Å²) in [5.41, 5.74) is 8.71. The maximum absolute atomic E-state index is 13.7. The molecule has 76 heavy (non-hydrogen) atoms. The van der Waals surface area contributed by atoms with Crippen molar-refractivity contribution in [1.29, 1.82) is 0 Å². The van der Waals surface area contributed by atoms with Crippen LogP contribution < -0.4 is 22.1 Å². The molecule has 0 bridgehead atoms. The van der Waals surface area contributed by atoms with Crippen LogP contribution in [0.2, 0.25) is 0 Å². The van der Waals surface area contributed by atoms with Crippen LogP contribution in [0.1, 0.15) is 80.2 Å². The van der Waals surface area contributed by atoms with Crippen LogP contribution in [0.25, 0.3) is 33.5 Å². The minimum absolute atomic E-state index is 0.0678. The number of amides is 2. The molecule has 400 valence electrons. The van der Waals surface area contributed by atoms with Gasteiger partial charge in [0.2, 0.25) is 0 Å². The molecule has 0 aliphatic carbocycles. The first-order valence-electron chi connectivity index (χ1n) is 22.8. The Bertz CT molecular complexity index is 3190. The number of aliphatic hydroxyl groups is 2. The highest BCUT2D eigenvalue weighted by atomic mass is 19.4. The lowest BCUT2D eigenvalue weighted by molar-refractivity contribution is -0.137. The van der Waals surface area contributed by atoms with Gasteiger partial charge in [-0.05, 0) is 98.5 Å². The topological polar surface area (TPSA) is 230 Å². The number of nitrogens with two attached hydrogens (primary N) is 2. The van der Waals surface area contributed by atoms with Gasteiger partial charge in [0.15, 0.2) is 11.6 Å². The van der Waals surface area contributed by atoms with Crippen LogP contribution in [-0.2, 0) is 21.8 Å². The number of aromatic nitrogens is 6. The maximum Gasteiger partial charge on any atom is 0.418 e. The molecule has 8 rings (SSSR count). The molecule has 0 saturated carbocycles. The first-order chi connectivity index (χ1) is 35.7. The molecule has 8 N–H and O–H groups in total. The van der Waals surface area contributed by atoms with Crippen molar-refractivity contribution < 1.29 is 64.4 Å². The number of rotatable bonds is 14. The van der Waals surface area contributed by atoms with Gasteiger partial charge < -0.3 is 41.8 Å². The number of anilines is 2. The molecule has 0 aliphatic heterocycles. The highest BCUT2D eigenvalue weighted by molar-refractivity contribution is 5.98. The highest BCUT2D eigenvalue weighted by Gasteiger charge is 2.39. The van der Waals surface area contributed by atoms with Crippen LogP contribution in [0.5, 0.6) is 0 Å². The van der Waals surface area contributed by atoms with Gasteiger partial charge in [0.1, 0.15) is 58.7 Å². The lowest BCUT2D eigenvalue weighted by atomic mass is 9.92. The molecule has 4 atom stereocenters. The summed E-state index contributed by atoms with van der Waals surface area (Å²) in [7, 11) is 2.76. The van der Waals surface area contributed by atoms with Gasteiger partial charge >= 0.3 is 12.4 Å². The summed E-state index contributed by atoms with van der Waals surface area (Å²) in [6, 6.07) is 21.8. The van der Waals surface area contributed by atoms with Crippen LogP contribution >= 0.6 is 0 Å². The van der Waals surface area contributed by atoms with E-state index in [1.165, 1.54) is 88.7 Å². The number of carbonyl (C=O) groups excluding carboxylic acids is 2. The molecule has 4 unspecified atom stereocenters. The summed E-state index contributed by atoms with van der Waals surface area (Å²) in [4.78, 5) is 33.6. The number of halogens is 8. The molecule has 16 nitrogen and oxygen atoms in total. The molecule has 2 amide bonds. The second-order valence-corrected chi connectivity index (χ2v) is 18.2. The van der Waals surface area contributed by atoms with E-state index in [2.05, 4.69) is 30.8 Å². The van der Waals surface area contributed by atoms with E-state index in [1.54, 1.807) is 38.1 Å². The molecule has 0 fully saturated rings. The number of fused-ring (bicyclic) bond motifs is 2. The monoisotopic (exact) mass is 1060 g/mol. The zero-order valence-corrected chi connectivity index (χ0v) is 41.4. The number of nitrogen functional groups attached to an aromatic ring is 2. The molecule has 4 aromatic heterocycles. The number of benzene rings is 4. The van der Waals surface area contributed by atoms with Gasteiger partial charge in [0.25, 0.3) is 11.8 Å². The lowest BCUT2D eigenvalue weighted by Gasteiger charge is -2.32. The van der Waals surface area contributed by atoms with Crippen molar-refractivity contribution in [1.82, 2.24) is 39.8 Å². The SMILES string of the molecule is COC(c1ccc(F)cc1)C(C)(O)CNC(=O)c1cc(-c2cc(C(F)(F)F)c3c(N)ncnn23)ccc1C.COC(c1ccc(F)cc1)C(C)(O)CNC(=O)c1cc(-c2cc(C(F)(F)F)c3c(N)ncnn23)ccc1C. The predicted molar refractivity (Wildman–Crippen MR) is 263 cm³/mol. The third kappa shape index (κ3) is 11.7. The van der Waals surface area contributed by atoms with Crippen LogP contribution in [0, 0.1) is 25.5 Å². The second kappa shape index (κ2) is 21.7. The van der Waals surface area contributed by atoms with Gasteiger partial charge in [-0.3, -0.25) is 9.59 Å². The fourth-order valence-corrected chi connectivity index (χ4v) is 8.70. The van der Waals surface area contributed by atoms with Gasteiger partial charge in [-0.1, -0.05) is 48.5 Å². The van der Waals surface area contributed by atoms with Crippen molar-refractivity contribution in [2.24, 2.45) is 0 Å². The van der Waals surface area contributed by atoms with Crippen molar-refractivity contribution in [3.8, 4) is 22.5 Å². The van der Waals surface area contributed by atoms with Crippen molar-refractivity contribution in [2.45, 2.75) is 63.5 Å². The number of carbonyl (C=O) groups is 2. The molecular formula is C52H50F8N10O6. The fraction of sp³-hybridized carbons (Fsp3) is 0.269. The van der Waals surface area contributed by atoms with E-state index in [-0.39, 0.29) is 69.4 Å². The number of methoxy groups -OCH3 is 2. The number of aryl methyl sites for hydroxylation is 2. The maximum atomic E-state index is 13.7. The van der Waals surface area contributed by atoms with Crippen LogP contribution in [0.4, 0.5) is 46.8 Å². The number of nitrogens with zero attached hydrogens (tertiary/aromatic N) is 6. The van der Waals surface area contributed by atoms with E-state index in [0.29, 0.717) is 22.3 Å². The molecule has 4 heterocycles. The summed E-state index contributed by atoms with van der Waals surface area (Å²) in [6.45, 7) is 5.80. The average Bonchev–Trinajstić information content (AvgIpc) is 3.97. The van der Waals surface area contributed by atoms with Crippen LogP contribution in [-0.4, -0.2) is 89.7 Å². The summed E-state index contributed by atoms with van der Waals surface area (Å²) in [6.07, 6.45) is -9.09. The van der Waals surface area contributed by atoms with Gasteiger partial charge in [-0.15, -0.1) is 0 Å². The third-order valence-corrected chi connectivity index (χ3v) is 12.5. The van der Waals surface area contributed by atoms with Crippen molar-refractivity contribution in [2.75, 3.05) is 38.8 Å². The Hall–Kier alpha value is -8.06. The van der Waals surface area contributed by atoms with Gasteiger partial charge in [-0.2, -0.15) is 36.5 Å². The van der Waals surface area contributed by atoms with E-state index >= 15 is 0 Å². The van der Waals surface area contributed by atoms with Crippen molar-refractivity contribution >= 4 is 34.5 Å². The normalized spacial score (nSPS) is 14.3. The van der Waals surface area contributed by atoms with Crippen LogP contribution in [0.15, 0.2) is 110 Å². The number of hydrogen-bond donors (Lipinski definition) is 6. The highest BCUT2D eigenvalue weighted by Crippen LogP contribution is 2.41. The standard InChI is InChI=1S/2C26H25F4N5O3/c2*1-14-4-5-16(20-11-19(26(28,29)30)21-23(31)33-13-34-35(20)21)10-18(14)24(36)32-12-25(2,37)22(38-3)15-6-8-17(27)9-7-15/h2*4-11,13,22,37H,12H2,1-3H3,(H,32,36)(H2,31,33,34). The van der Waals surface area contributed by atoms with E-state index in [4.69, 9.17) is 20.9 Å². The Morgan fingerprint density at radius 2 is 0.934 bits per heavy atom. The van der Waals surface area contributed by atoms with Crippen LogP contribution in [0.3, 0.4) is 0 Å². The number of alkyl halides is 6. The van der Waals surface area contributed by atoms with Gasteiger partial charge in [0.05, 0.1) is 22.5 Å². The first kappa shape index (κ1) is 55.7. The van der Waals surface area contributed by atoms with E-state index in [0.717, 1.165) is 33.8 Å². The molecular weight excluding hydrogens is 1010 g/mol. The first-order valence-corrected chi connectivity index (χ1v) is 22.8. The van der Waals surface area contributed by atoms with E-state index in [9.17, 15) is 54.9 Å². The van der Waals surface area contributed by atoms with Gasteiger partial charge in [-0.25, -0.2) is 27.8 Å². The summed E-state index contributed by atoms with van der Waals surface area (Å²) < 4.78 is 122. The van der Waals surface area contributed by atoms with Gasteiger partial charge in [0, 0.05) is 49.6 Å². The second-order valence-electron chi connectivity index (χ2n) is 18.2. The quantitative estimate of drug-likeness (QED) is 0.0563. The summed E-state index contributed by atoms with van der Waals surface area (Å²) >= 11 is 0. The summed E-state index contributed by atoms with van der Waals surface area (Å²) in [5.74, 6) is -2.69. The lowest BCUT2D eigenvalue weighted by Crippen LogP contribution is -2.45. The molecule has 4 aromatic carbocycles. The molecule has 0 spiro atoms. The van der Waals surface area contributed by atoms with Crippen molar-refractivity contribution in [3.63, 3.8) is 0 Å². The molecule has 0 aliphatic rings. The Morgan fingerprint density at radius 3 is 1.25 bits per heavy atom. The molecule has 8 aromatic rings. The largest absolute Gasteiger partial charge is 0.418 e. The Kier molecular flexibility index (Phi) is 15.9. The zero-order valence-electron chi connectivity index (χ0n) is 41.4.